The predicted molar refractivity (Wildman–Crippen MR) is 42.5 cm³/mol. The summed E-state index contributed by atoms with van der Waals surface area (Å²) < 4.78 is 18.7. The molecule has 1 aliphatic rings. The Hall–Kier alpha value is 0.910. The van der Waals surface area contributed by atoms with Crippen LogP contribution in [0.4, 0.5) is 0 Å². The fraction of sp³-hybridized carbons (Fsp3) is 1.00. The minimum atomic E-state index is -5.41. The molecule has 0 aromatic heterocycles. The number of hydrogen-bond acceptors (Lipinski definition) is 9. The van der Waals surface area contributed by atoms with Gasteiger partial charge in [-0.25, -0.2) is 0 Å². The van der Waals surface area contributed by atoms with Gasteiger partial charge in [0.15, 0.2) is 6.29 Å². The van der Waals surface area contributed by atoms with Crippen molar-refractivity contribution in [1.82, 2.24) is 0 Å². The second-order valence-electron chi connectivity index (χ2n) is 3.25. The Morgan fingerprint density at radius 1 is 1.18 bits per heavy atom. The summed E-state index contributed by atoms with van der Waals surface area (Å²) in [7, 11) is -5.41. The van der Waals surface area contributed by atoms with Crippen molar-refractivity contribution in [2.24, 2.45) is 0 Å². The van der Waals surface area contributed by atoms with E-state index in [1.165, 1.54) is 0 Å². The Kier molecular flexibility index (Phi) is 7.27. The number of phosphoric ester groups is 1. The normalized spacial score (nSPS) is 38.6. The summed E-state index contributed by atoms with van der Waals surface area (Å²) in [5, 5.41) is 36.5. The molecule has 0 bridgehead atoms. The molecule has 0 radical (unpaired) electrons. The molecule has 0 aromatic carbocycles. The van der Waals surface area contributed by atoms with E-state index in [0.29, 0.717) is 0 Å². The summed E-state index contributed by atoms with van der Waals surface area (Å²) in [6.07, 6.45) is -8.61. The summed E-state index contributed by atoms with van der Waals surface area (Å²) in [5.41, 5.74) is 0. The van der Waals surface area contributed by atoms with Crippen LogP contribution in [0.15, 0.2) is 0 Å². The van der Waals surface area contributed by atoms with E-state index in [2.05, 4.69) is 9.26 Å². The van der Waals surface area contributed by atoms with Crippen molar-refractivity contribution in [2.45, 2.75) is 30.7 Å². The van der Waals surface area contributed by atoms with Crippen LogP contribution in [0.2, 0.25) is 0 Å². The van der Waals surface area contributed by atoms with E-state index < -0.39 is 45.1 Å². The summed E-state index contributed by atoms with van der Waals surface area (Å²) in [5.74, 6) is 0. The Bertz CT molecular complexity index is 281. The molecule has 0 amide bonds. The number of phosphoric acid groups is 1. The zero-order chi connectivity index (χ0) is 12.5. The van der Waals surface area contributed by atoms with E-state index in [0.717, 1.165) is 0 Å². The summed E-state index contributed by atoms with van der Waals surface area (Å²) >= 11 is 0. The maximum absolute atomic E-state index is 10.3. The van der Waals surface area contributed by atoms with Crippen LogP contribution in [-0.2, 0) is 13.8 Å². The van der Waals surface area contributed by atoms with Crippen molar-refractivity contribution in [3.05, 3.63) is 0 Å². The molecule has 5 unspecified atom stereocenters. The molecule has 1 heterocycles. The summed E-state index contributed by atoms with van der Waals surface area (Å²) in [4.78, 5) is 20.6. The maximum Gasteiger partial charge on any atom is 1.00 e. The van der Waals surface area contributed by atoms with Gasteiger partial charge >= 0.3 is 29.6 Å². The van der Waals surface area contributed by atoms with Crippen LogP contribution >= 0.6 is 7.82 Å². The average molecular weight is 281 g/mol. The van der Waals surface area contributed by atoms with Crippen molar-refractivity contribution in [1.29, 1.82) is 0 Å². The molecule has 1 aliphatic heterocycles. The van der Waals surface area contributed by atoms with Crippen LogP contribution < -0.4 is 39.3 Å². The molecule has 0 aliphatic carbocycles. The number of ether oxygens (including phenoxy) is 1. The first kappa shape index (κ1) is 17.9. The van der Waals surface area contributed by atoms with Gasteiger partial charge in [-0.2, -0.15) is 0 Å². The Morgan fingerprint density at radius 3 is 2.12 bits per heavy atom. The van der Waals surface area contributed by atoms with Gasteiger partial charge in [0, 0.05) is 0 Å². The van der Waals surface area contributed by atoms with Crippen LogP contribution in [0.1, 0.15) is 0 Å². The van der Waals surface area contributed by atoms with E-state index in [-0.39, 0.29) is 29.6 Å². The Balaban J connectivity index is 0.00000256. The van der Waals surface area contributed by atoms with Crippen LogP contribution in [0.25, 0.3) is 0 Å². The molecule has 4 N–H and O–H groups in total. The number of aliphatic hydroxyl groups excluding tert-OH is 4. The quantitative estimate of drug-likeness (QED) is 0.290. The third kappa shape index (κ3) is 4.83. The van der Waals surface area contributed by atoms with Crippen LogP contribution in [0.3, 0.4) is 0 Å². The van der Waals surface area contributed by atoms with Crippen LogP contribution in [-0.4, -0.2) is 57.7 Å². The summed E-state index contributed by atoms with van der Waals surface area (Å²) in [6.45, 7) is -0.743. The Labute approximate surface area is 119 Å². The molecule has 1 rings (SSSR count). The van der Waals surface area contributed by atoms with Crippen molar-refractivity contribution in [3.8, 4) is 0 Å². The van der Waals surface area contributed by atoms with Crippen LogP contribution in [0.5, 0.6) is 0 Å². The minimum Gasteiger partial charge on any atom is -0.790 e. The Morgan fingerprint density at radius 2 is 1.71 bits per heavy atom. The zero-order valence-electron chi connectivity index (χ0n) is 8.87. The predicted octanol–water partition coefficient (Wildman–Crippen LogP) is -7.36. The first-order chi connectivity index (χ1) is 7.26. The second-order valence-corrected chi connectivity index (χ2v) is 4.36. The van der Waals surface area contributed by atoms with Crippen molar-refractivity contribution in [2.75, 3.05) is 6.61 Å². The van der Waals surface area contributed by atoms with E-state index in [9.17, 15) is 29.7 Å². The first-order valence-corrected chi connectivity index (χ1v) is 5.73. The zero-order valence-corrected chi connectivity index (χ0v) is 11.8. The van der Waals surface area contributed by atoms with Gasteiger partial charge in [0.2, 0.25) is 0 Å². The van der Waals surface area contributed by atoms with Gasteiger partial charge in [-0.15, -0.1) is 0 Å². The number of aliphatic hydroxyl groups is 4. The molecule has 0 aromatic rings. The van der Waals surface area contributed by atoms with Crippen molar-refractivity contribution >= 4 is 7.82 Å². The molecule has 0 saturated carbocycles. The minimum absolute atomic E-state index is 0. The standard InChI is InChI=1S/C6H13O9P.Na/c7-1-2-3(8)4(9)5(10)6(14-2)15-16(11,12)13;/h2-10H,1H2,(H2,11,12,13);/q;+1/p-2. The molecule has 0 spiro atoms. The van der Waals surface area contributed by atoms with Crippen molar-refractivity contribution in [3.63, 3.8) is 0 Å². The molecule has 5 atom stereocenters. The van der Waals surface area contributed by atoms with Crippen molar-refractivity contribution < 1.29 is 73.6 Å². The molecule has 96 valence electrons. The summed E-state index contributed by atoms with van der Waals surface area (Å²) in [6, 6.07) is 0. The van der Waals surface area contributed by atoms with Gasteiger partial charge in [-0.05, 0) is 0 Å². The SMILES string of the molecule is O=P([O-])([O-])OC1OC(CO)C(O)C(O)C1O.[Na+]. The van der Waals surface area contributed by atoms with Gasteiger partial charge in [-0.3, -0.25) is 0 Å². The van der Waals surface area contributed by atoms with Gasteiger partial charge in [0.25, 0.3) is 0 Å². The largest absolute Gasteiger partial charge is 1.00 e. The third-order valence-electron chi connectivity index (χ3n) is 2.08. The maximum atomic E-state index is 10.3. The van der Waals surface area contributed by atoms with E-state index in [4.69, 9.17) is 5.11 Å². The number of rotatable bonds is 3. The van der Waals surface area contributed by atoms with Gasteiger partial charge in [-0.1, -0.05) is 0 Å². The molecule has 9 nitrogen and oxygen atoms in total. The van der Waals surface area contributed by atoms with Gasteiger partial charge < -0.3 is 44.0 Å². The topological polar surface area (TPSA) is 163 Å². The monoisotopic (exact) mass is 281 g/mol. The third-order valence-corrected chi connectivity index (χ3v) is 2.55. The van der Waals surface area contributed by atoms with E-state index in [1.54, 1.807) is 0 Å². The van der Waals surface area contributed by atoms with E-state index >= 15 is 0 Å². The second kappa shape index (κ2) is 6.90. The van der Waals surface area contributed by atoms with Crippen LogP contribution in [0, 0.1) is 0 Å². The first-order valence-electron chi connectivity index (χ1n) is 4.27. The fourth-order valence-corrected chi connectivity index (χ4v) is 1.71. The number of hydrogen-bond donors (Lipinski definition) is 4. The molecule has 11 heteroatoms. The van der Waals surface area contributed by atoms with Gasteiger partial charge in [0.05, 0.1) is 14.4 Å². The molecular weight excluding hydrogens is 270 g/mol. The molecule has 17 heavy (non-hydrogen) atoms. The smallest absolute Gasteiger partial charge is 0.790 e. The average Bonchev–Trinajstić information content (AvgIpc) is 2.17. The fourth-order valence-electron chi connectivity index (χ4n) is 1.28. The molecular formula is C6H11NaO9P-. The molecule has 1 saturated heterocycles. The van der Waals surface area contributed by atoms with E-state index in [1.807, 2.05) is 0 Å². The molecule has 1 fully saturated rings. The van der Waals surface area contributed by atoms with Gasteiger partial charge in [0.1, 0.15) is 24.4 Å².